The number of hydrogen-bond acceptors (Lipinski definition) is 3. The predicted molar refractivity (Wildman–Crippen MR) is 98.9 cm³/mol. The second kappa shape index (κ2) is 5.83. The van der Waals surface area contributed by atoms with Crippen LogP contribution in [0, 0.1) is 13.8 Å². The third-order valence-corrected chi connectivity index (χ3v) is 5.23. The fourth-order valence-corrected chi connectivity index (χ4v) is 3.78. The number of aromatic amines is 1. The molecule has 0 aliphatic heterocycles. The number of H-pyrrole nitrogens is 1. The number of rotatable bonds is 3. The van der Waals surface area contributed by atoms with Crippen molar-refractivity contribution in [3.63, 3.8) is 0 Å². The van der Waals surface area contributed by atoms with Crippen LogP contribution in [0.3, 0.4) is 0 Å². The molecule has 2 aromatic heterocycles. The molecule has 0 amide bonds. The Morgan fingerprint density at radius 3 is 2.71 bits per heavy atom. The van der Waals surface area contributed by atoms with E-state index in [1.54, 1.807) is 0 Å². The van der Waals surface area contributed by atoms with Crippen molar-refractivity contribution in [2.45, 2.75) is 19.0 Å². The SMILES string of the molecule is Cc1c(C)n(C(=O)CSc2nc3ccccc3[nH]2)c2ccccc12. The number of imidazole rings is 1. The molecule has 0 aliphatic rings. The molecule has 0 aliphatic carbocycles. The summed E-state index contributed by atoms with van der Waals surface area (Å²) < 4.78 is 1.82. The standard InChI is InChI=1S/C19H17N3OS/c1-12-13(2)22(17-10-6-3-7-14(12)17)18(23)11-24-19-20-15-8-4-5-9-16(15)21-19/h3-10H,11H2,1-2H3,(H,20,21). The van der Waals surface area contributed by atoms with Crippen LogP contribution in [-0.2, 0) is 0 Å². The number of nitrogens with one attached hydrogen (secondary N) is 1. The number of fused-ring (bicyclic) bond motifs is 2. The molecule has 4 nitrogen and oxygen atoms in total. The van der Waals surface area contributed by atoms with Gasteiger partial charge in [-0.05, 0) is 37.6 Å². The van der Waals surface area contributed by atoms with E-state index >= 15 is 0 Å². The zero-order valence-electron chi connectivity index (χ0n) is 13.5. The highest BCUT2D eigenvalue weighted by molar-refractivity contribution is 7.99. The van der Waals surface area contributed by atoms with E-state index in [0.717, 1.165) is 38.4 Å². The molecule has 2 aromatic carbocycles. The lowest BCUT2D eigenvalue weighted by Gasteiger charge is -2.06. The molecule has 0 saturated carbocycles. The van der Waals surface area contributed by atoms with Crippen LogP contribution in [0.5, 0.6) is 0 Å². The molecule has 0 fully saturated rings. The number of carbonyl (C=O) groups excluding carboxylic acids is 1. The molecule has 24 heavy (non-hydrogen) atoms. The fourth-order valence-electron chi connectivity index (χ4n) is 3.04. The second-order valence-electron chi connectivity index (χ2n) is 5.80. The Hall–Kier alpha value is -2.53. The summed E-state index contributed by atoms with van der Waals surface area (Å²) in [5.41, 5.74) is 5.05. The van der Waals surface area contributed by atoms with Crippen molar-refractivity contribution in [2.75, 3.05) is 5.75 Å². The largest absolute Gasteiger partial charge is 0.333 e. The monoisotopic (exact) mass is 335 g/mol. The Bertz CT molecular complexity index is 1030. The molecule has 0 spiro atoms. The minimum Gasteiger partial charge on any atom is -0.333 e. The van der Waals surface area contributed by atoms with Crippen molar-refractivity contribution in [1.82, 2.24) is 14.5 Å². The molecule has 0 atom stereocenters. The van der Waals surface area contributed by atoms with E-state index in [-0.39, 0.29) is 5.91 Å². The van der Waals surface area contributed by atoms with Gasteiger partial charge in [0, 0.05) is 11.1 Å². The Labute approximate surface area is 143 Å². The van der Waals surface area contributed by atoms with Crippen molar-refractivity contribution >= 4 is 39.6 Å². The summed E-state index contributed by atoms with van der Waals surface area (Å²) >= 11 is 1.44. The van der Waals surface area contributed by atoms with Crippen molar-refractivity contribution in [3.8, 4) is 0 Å². The van der Waals surface area contributed by atoms with Gasteiger partial charge < -0.3 is 4.98 Å². The van der Waals surface area contributed by atoms with E-state index in [4.69, 9.17) is 0 Å². The lowest BCUT2D eigenvalue weighted by molar-refractivity contribution is 0.0945. The Morgan fingerprint density at radius 1 is 1.12 bits per heavy atom. The smallest absolute Gasteiger partial charge is 0.241 e. The number of hydrogen-bond donors (Lipinski definition) is 1. The maximum Gasteiger partial charge on any atom is 0.241 e. The van der Waals surface area contributed by atoms with Gasteiger partial charge in [-0.3, -0.25) is 9.36 Å². The van der Waals surface area contributed by atoms with Crippen LogP contribution in [0.4, 0.5) is 0 Å². The molecular weight excluding hydrogens is 318 g/mol. The summed E-state index contributed by atoms with van der Waals surface area (Å²) in [5, 5.41) is 1.91. The summed E-state index contributed by atoms with van der Waals surface area (Å²) in [6, 6.07) is 15.9. The molecule has 5 heteroatoms. The summed E-state index contributed by atoms with van der Waals surface area (Å²) in [7, 11) is 0. The van der Waals surface area contributed by atoms with E-state index < -0.39 is 0 Å². The normalized spacial score (nSPS) is 11.4. The molecule has 2 heterocycles. The quantitative estimate of drug-likeness (QED) is 0.558. The molecule has 120 valence electrons. The first kappa shape index (κ1) is 15.0. The molecule has 0 bridgehead atoms. The zero-order valence-corrected chi connectivity index (χ0v) is 14.4. The summed E-state index contributed by atoms with van der Waals surface area (Å²) in [4.78, 5) is 20.5. The summed E-state index contributed by atoms with van der Waals surface area (Å²) in [6.07, 6.45) is 0. The van der Waals surface area contributed by atoms with Gasteiger partial charge in [0.25, 0.3) is 0 Å². The van der Waals surface area contributed by atoms with Crippen molar-refractivity contribution in [1.29, 1.82) is 0 Å². The van der Waals surface area contributed by atoms with Gasteiger partial charge in [0.2, 0.25) is 5.91 Å². The fraction of sp³-hybridized carbons (Fsp3) is 0.158. The van der Waals surface area contributed by atoms with E-state index in [9.17, 15) is 4.79 Å². The minimum atomic E-state index is 0.0715. The van der Waals surface area contributed by atoms with Gasteiger partial charge in [-0.25, -0.2) is 4.98 Å². The van der Waals surface area contributed by atoms with Crippen molar-refractivity contribution in [3.05, 3.63) is 59.8 Å². The van der Waals surface area contributed by atoms with Crippen molar-refractivity contribution in [2.24, 2.45) is 0 Å². The third kappa shape index (κ3) is 2.41. The second-order valence-corrected chi connectivity index (χ2v) is 6.77. The number of aryl methyl sites for hydroxylation is 1. The highest BCUT2D eigenvalue weighted by Crippen LogP contribution is 2.26. The number of benzene rings is 2. The van der Waals surface area contributed by atoms with Gasteiger partial charge in [-0.15, -0.1) is 0 Å². The van der Waals surface area contributed by atoms with Gasteiger partial charge in [0.05, 0.1) is 22.3 Å². The first-order valence-corrected chi connectivity index (χ1v) is 8.81. The van der Waals surface area contributed by atoms with Gasteiger partial charge in [-0.2, -0.15) is 0 Å². The molecule has 4 rings (SSSR count). The van der Waals surface area contributed by atoms with E-state index in [0.29, 0.717) is 5.75 Å². The lowest BCUT2D eigenvalue weighted by Crippen LogP contribution is -2.14. The molecule has 0 unspecified atom stereocenters. The van der Waals surface area contributed by atoms with E-state index in [1.807, 2.05) is 54.0 Å². The van der Waals surface area contributed by atoms with Crippen LogP contribution in [0.1, 0.15) is 16.1 Å². The number of thioether (sulfide) groups is 1. The first-order valence-electron chi connectivity index (χ1n) is 7.82. The summed E-state index contributed by atoms with van der Waals surface area (Å²) in [6.45, 7) is 4.06. The van der Waals surface area contributed by atoms with Crippen LogP contribution in [0.2, 0.25) is 0 Å². The number of carbonyl (C=O) groups is 1. The molecule has 4 aromatic rings. The van der Waals surface area contributed by atoms with Gasteiger partial charge >= 0.3 is 0 Å². The molecular formula is C19H17N3OS. The number of nitrogens with zero attached hydrogens (tertiary/aromatic N) is 2. The Morgan fingerprint density at radius 2 is 1.88 bits per heavy atom. The van der Waals surface area contributed by atoms with Crippen molar-refractivity contribution < 1.29 is 4.79 Å². The average molecular weight is 335 g/mol. The Balaban J connectivity index is 1.62. The maximum absolute atomic E-state index is 12.8. The van der Waals surface area contributed by atoms with E-state index in [2.05, 4.69) is 23.0 Å². The van der Waals surface area contributed by atoms with Crippen LogP contribution in [0.25, 0.3) is 21.9 Å². The highest BCUT2D eigenvalue weighted by Gasteiger charge is 2.16. The molecule has 1 N–H and O–H groups in total. The van der Waals surface area contributed by atoms with Crippen LogP contribution in [0.15, 0.2) is 53.7 Å². The summed E-state index contributed by atoms with van der Waals surface area (Å²) in [5.74, 6) is 0.418. The third-order valence-electron chi connectivity index (χ3n) is 4.38. The minimum absolute atomic E-state index is 0.0715. The maximum atomic E-state index is 12.8. The topological polar surface area (TPSA) is 50.7 Å². The van der Waals surface area contributed by atoms with Crippen LogP contribution >= 0.6 is 11.8 Å². The van der Waals surface area contributed by atoms with Crippen LogP contribution in [-0.4, -0.2) is 26.2 Å². The first-order chi connectivity index (χ1) is 11.6. The number of aromatic nitrogens is 3. The van der Waals surface area contributed by atoms with Gasteiger partial charge in [-0.1, -0.05) is 42.1 Å². The van der Waals surface area contributed by atoms with Gasteiger partial charge in [0.1, 0.15) is 0 Å². The Kier molecular flexibility index (Phi) is 3.65. The van der Waals surface area contributed by atoms with E-state index in [1.165, 1.54) is 11.8 Å². The highest BCUT2D eigenvalue weighted by atomic mass is 32.2. The average Bonchev–Trinajstić information content (AvgIpc) is 3.13. The molecule has 0 saturated heterocycles. The van der Waals surface area contributed by atoms with Gasteiger partial charge in [0.15, 0.2) is 5.16 Å². The zero-order chi connectivity index (χ0) is 16.7. The molecule has 0 radical (unpaired) electrons. The lowest BCUT2D eigenvalue weighted by atomic mass is 10.2. The number of para-hydroxylation sites is 3. The predicted octanol–water partition coefficient (Wildman–Crippen LogP) is 4.57. The van der Waals surface area contributed by atoms with Crippen LogP contribution < -0.4 is 0 Å².